The van der Waals surface area contributed by atoms with E-state index in [9.17, 15) is 5.26 Å². The largest absolute Gasteiger partial charge is 0.370 e. The minimum atomic E-state index is 0.0891. The number of hydrogen-bond acceptors (Lipinski definition) is 7. The highest BCUT2D eigenvalue weighted by molar-refractivity contribution is 5.98. The summed E-state index contributed by atoms with van der Waals surface area (Å²) in [4.78, 5) is 16.2. The molecule has 39 heavy (non-hydrogen) atoms. The Bertz CT molecular complexity index is 1520. The summed E-state index contributed by atoms with van der Waals surface area (Å²) < 4.78 is 0. The van der Waals surface area contributed by atoms with Gasteiger partial charge in [-0.05, 0) is 82.9 Å². The molecule has 0 atom stereocenters. The normalized spacial score (nSPS) is 14.4. The van der Waals surface area contributed by atoms with Crippen molar-refractivity contribution < 1.29 is 0 Å². The van der Waals surface area contributed by atoms with Gasteiger partial charge in [-0.3, -0.25) is 0 Å². The number of benzene rings is 2. The van der Waals surface area contributed by atoms with Gasteiger partial charge in [0.15, 0.2) is 5.82 Å². The van der Waals surface area contributed by atoms with Crippen molar-refractivity contribution in [1.82, 2.24) is 20.3 Å². The Labute approximate surface area is 231 Å². The number of nitrogens with one attached hydrogen (secondary N) is 2. The molecular weight excluding hydrogens is 482 g/mol. The highest BCUT2D eigenvalue weighted by Crippen LogP contribution is 2.36. The highest BCUT2D eigenvalue weighted by atomic mass is 15.2. The van der Waals surface area contributed by atoms with Gasteiger partial charge < -0.3 is 15.5 Å². The van der Waals surface area contributed by atoms with Crippen LogP contribution in [-0.4, -0.2) is 39.6 Å². The summed E-state index contributed by atoms with van der Waals surface area (Å²) in [7, 11) is 0. The zero-order valence-corrected chi connectivity index (χ0v) is 23.5. The fraction of sp³-hybridized carbons (Fsp3) is 0.375. The van der Waals surface area contributed by atoms with Gasteiger partial charge in [0.2, 0.25) is 0 Å². The monoisotopic (exact) mass is 519 g/mol. The molecule has 5 rings (SSSR count). The minimum absolute atomic E-state index is 0.0891. The van der Waals surface area contributed by atoms with Gasteiger partial charge in [-0.25, -0.2) is 15.0 Å². The Morgan fingerprint density at radius 3 is 2.49 bits per heavy atom. The molecular formula is C32H37N7. The van der Waals surface area contributed by atoms with Crippen LogP contribution in [0.1, 0.15) is 61.8 Å². The van der Waals surface area contributed by atoms with Crippen LogP contribution in [0.3, 0.4) is 0 Å². The van der Waals surface area contributed by atoms with Gasteiger partial charge in [0.1, 0.15) is 17.5 Å². The molecule has 0 radical (unpaired) electrons. The van der Waals surface area contributed by atoms with Gasteiger partial charge in [0.25, 0.3) is 0 Å². The second-order valence-corrected chi connectivity index (χ2v) is 11.5. The Morgan fingerprint density at radius 2 is 1.79 bits per heavy atom. The lowest BCUT2D eigenvalue weighted by Gasteiger charge is -2.38. The van der Waals surface area contributed by atoms with Gasteiger partial charge in [0.05, 0.1) is 11.2 Å². The van der Waals surface area contributed by atoms with Crippen molar-refractivity contribution in [3.8, 4) is 6.07 Å². The minimum Gasteiger partial charge on any atom is -0.370 e. The molecule has 0 spiro atoms. The predicted molar refractivity (Wildman–Crippen MR) is 159 cm³/mol. The van der Waals surface area contributed by atoms with Crippen LogP contribution < -0.4 is 15.5 Å². The van der Waals surface area contributed by atoms with E-state index in [1.165, 1.54) is 5.56 Å². The van der Waals surface area contributed by atoms with E-state index in [1.807, 2.05) is 37.3 Å². The maximum absolute atomic E-state index is 10.4. The SMILES string of the molecule is Cc1ccnc(Cc2ccc(Nc3nc4ccccc4c(N4CCC(NC(C)(C)C)CC4)c3C#N)cc2C)n1. The van der Waals surface area contributed by atoms with E-state index in [1.54, 1.807) is 6.20 Å². The molecule has 1 saturated heterocycles. The fourth-order valence-corrected chi connectivity index (χ4v) is 5.44. The molecule has 200 valence electrons. The molecule has 0 amide bonds. The molecule has 2 aromatic carbocycles. The Balaban J connectivity index is 1.44. The fourth-order valence-electron chi connectivity index (χ4n) is 5.44. The average Bonchev–Trinajstić information content (AvgIpc) is 2.89. The molecule has 7 heteroatoms. The van der Waals surface area contributed by atoms with E-state index < -0.39 is 0 Å². The van der Waals surface area contributed by atoms with E-state index in [0.717, 1.165) is 65.3 Å². The maximum Gasteiger partial charge on any atom is 0.151 e. The van der Waals surface area contributed by atoms with E-state index >= 15 is 0 Å². The number of fused-ring (bicyclic) bond motifs is 1. The number of anilines is 3. The van der Waals surface area contributed by atoms with Crippen LogP contribution in [-0.2, 0) is 6.42 Å². The van der Waals surface area contributed by atoms with Crippen LogP contribution in [0, 0.1) is 25.2 Å². The highest BCUT2D eigenvalue weighted by Gasteiger charge is 2.27. The van der Waals surface area contributed by atoms with Gasteiger partial charge in [-0.15, -0.1) is 0 Å². The lowest BCUT2D eigenvalue weighted by Crippen LogP contribution is -2.49. The predicted octanol–water partition coefficient (Wildman–Crippen LogP) is 6.20. The van der Waals surface area contributed by atoms with Crippen LogP contribution in [0.2, 0.25) is 0 Å². The molecule has 1 aliphatic rings. The van der Waals surface area contributed by atoms with Crippen molar-refractivity contribution in [3.05, 3.63) is 82.9 Å². The van der Waals surface area contributed by atoms with Crippen molar-refractivity contribution in [2.24, 2.45) is 0 Å². The van der Waals surface area contributed by atoms with Crippen molar-refractivity contribution >= 4 is 28.1 Å². The molecule has 1 aliphatic heterocycles. The summed E-state index contributed by atoms with van der Waals surface area (Å²) in [5.74, 6) is 1.41. The van der Waals surface area contributed by atoms with E-state index in [0.29, 0.717) is 23.8 Å². The van der Waals surface area contributed by atoms with Crippen molar-refractivity contribution in [1.29, 1.82) is 5.26 Å². The van der Waals surface area contributed by atoms with Crippen molar-refractivity contribution in [2.75, 3.05) is 23.3 Å². The molecule has 0 bridgehead atoms. The zero-order chi connectivity index (χ0) is 27.6. The Morgan fingerprint density at radius 1 is 1.03 bits per heavy atom. The van der Waals surface area contributed by atoms with Crippen LogP contribution in [0.4, 0.5) is 17.2 Å². The first-order chi connectivity index (χ1) is 18.7. The first kappa shape index (κ1) is 26.6. The number of aromatic nitrogens is 3. The van der Waals surface area contributed by atoms with E-state index in [4.69, 9.17) is 4.98 Å². The molecule has 0 saturated carbocycles. The second-order valence-electron chi connectivity index (χ2n) is 11.5. The number of nitrogens with zero attached hydrogens (tertiary/aromatic N) is 5. The van der Waals surface area contributed by atoms with Crippen LogP contribution in [0.25, 0.3) is 10.9 Å². The molecule has 0 unspecified atom stereocenters. The van der Waals surface area contributed by atoms with Gasteiger partial charge in [0, 0.05) is 54.1 Å². The Hall–Kier alpha value is -4.02. The molecule has 3 heterocycles. The number of nitriles is 1. The van der Waals surface area contributed by atoms with Gasteiger partial charge >= 0.3 is 0 Å². The van der Waals surface area contributed by atoms with Gasteiger partial charge in [-0.2, -0.15) is 5.26 Å². The van der Waals surface area contributed by atoms with Crippen LogP contribution >= 0.6 is 0 Å². The topological polar surface area (TPSA) is 89.8 Å². The number of para-hydroxylation sites is 1. The van der Waals surface area contributed by atoms with Crippen LogP contribution in [0.5, 0.6) is 0 Å². The summed E-state index contributed by atoms with van der Waals surface area (Å²) in [6, 6.07) is 19.2. The first-order valence-corrected chi connectivity index (χ1v) is 13.7. The summed E-state index contributed by atoms with van der Waals surface area (Å²) in [5, 5.41) is 18.6. The van der Waals surface area contributed by atoms with Crippen molar-refractivity contribution in [3.63, 3.8) is 0 Å². The number of hydrogen-bond donors (Lipinski definition) is 2. The molecule has 0 aliphatic carbocycles. The number of piperidine rings is 1. The molecule has 1 fully saturated rings. The molecule has 7 nitrogen and oxygen atoms in total. The smallest absolute Gasteiger partial charge is 0.151 e. The zero-order valence-electron chi connectivity index (χ0n) is 23.5. The van der Waals surface area contributed by atoms with Crippen LogP contribution in [0.15, 0.2) is 54.7 Å². The van der Waals surface area contributed by atoms with Crippen molar-refractivity contribution in [2.45, 2.75) is 65.5 Å². The number of aryl methyl sites for hydroxylation is 2. The Kier molecular flexibility index (Phi) is 7.49. The third-order valence-electron chi connectivity index (χ3n) is 7.22. The van der Waals surface area contributed by atoms with E-state index in [2.05, 4.69) is 77.5 Å². The lowest BCUT2D eigenvalue weighted by molar-refractivity contribution is 0.317. The molecule has 2 N–H and O–H groups in total. The van der Waals surface area contributed by atoms with E-state index in [-0.39, 0.29) is 5.54 Å². The molecule has 2 aromatic heterocycles. The lowest BCUT2D eigenvalue weighted by atomic mass is 9.98. The average molecular weight is 520 g/mol. The van der Waals surface area contributed by atoms with Gasteiger partial charge in [-0.1, -0.05) is 24.3 Å². The number of pyridine rings is 1. The summed E-state index contributed by atoms with van der Waals surface area (Å²) in [6.45, 7) is 12.5. The second kappa shape index (κ2) is 11.0. The first-order valence-electron chi connectivity index (χ1n) is 13.7. The quantitative estimate of drug-likeness (QED) is 0.313. The standard InChI is InChI=1S/C32H37N7/c1-21-18-25(11-10-23(21)19-29-34-15-12-22(2)35-29)36-31-27(20-33)30(26-8-6-7-9-28(26)37-31)39-16-13-24(14-17-39)38-32(3,4)5/h6-12,15,18,24,38H,13-14,16-17,19H2,1-5H3,(H,36,37). The summed E-state index contributed by atoms with van der Waals surface area (Å²) >= 11 is 0. The number of rotatable bonds is 6. The molecule has 4 aromatic rings. The third kappa shape index (κ3) is 6.18. The third-order valence-corrected chi connectivity index (χ3v) is 7.22. The summed E-state index contributed by atoms with van der Waals surface area (Å²) in [6.07, 6.45) is 4.55. The summed E-state index contributed by atoms with van der Waals surface area (Å²) in [5.41, 5.74) is 6.71. The maximum atomic E-state index is 10.4.